The van der Waals surface area contributed by atoms with Crippen molar-refractivity contribution in [1.29, 1.82) is 0 Å². The first kappa shape index (κ1) is 14.6. The van der Waals surface area contributed by atoms with Crippen molar-refractivity contribution in [1.82, 2.24) is 9.97 Å². The van der Waals surface area contributed by atoms with Crippen LogP contribution in [0, 0.1) is 11.6 Å². The SMILES string of the molecule is O=C(Cc1ccc(F)c(F)c1)Nc1cc(Cl)nc(Cl)n1. The van der Waals surface area contributed by atoms with Crippen molar-refractivity contribution in [2.24, 2.45) is 0 Å². The van der Waals surface area contributed by atoms with Crippen molar-refractivity contribution in [3.63, 3.8) is 0 Å². The van der Waals surface area contributed by atoms with Crippen molar-refractivity contribution in [3.05, 3.63) is 51.9 Å². The molecule has 0 radical (unpaired) electrons. The van der Waals surface area contributed by atoms with E-state index in [2.05, 4.69) is 15.3 Å². The summed E-state index contributed by atoms with van der Waals surface area (Å²) in [6, 6.07) is 4.54. The largest absolute Gasteiger partial charge is 0.310 e. The van der Waals surface area contributed by atoms with Gasteiger partial charge in [0.05, 0.1) is 6.42 Å². The maximum absolute atomic E-state index is 13.0. The Morgan fingerprint density at radius 1 is 1.15 bits per heavy atom. The molecule has 0 spiro atoms. The Bertz CT molecular complexity index is 647. The maximum Gasteiger partial charge on any atom is 0.229 e. The minimum atomic E-state index is -1.01. The molecule has 0 aliphatic heterocycles. The normalized spacial score (nSPS) is 10.4. The summed E-state index contributed by atoms with van der Waals surface area (Å²) in [5, 5.41) is 2.40. The number of nitrogens with zero attached hydrogens (tertiary/aromatic N) is 2. The molecule has 0 fully saturated rings. The van der Waals surface area contributed by atoms with Gasteiger partial charge < -0.3 is 5.32 Å². The fraction of sp³-hybridized carbons (Fsp3) is 0.0833. The average molecular weight is 318 g/mol. The topological polar surface area (TPSA) is 54.9 Å². The number of carbonyl (C=O) groups is 1. The monoisotopic (exact) mass is 317 g/mol. The van der Waals surface area contributed by atoms with Gasteiger partial charge in [0, 0.05) is 6.07 Å². The standard InChI is InChI=1S/C12H7Cl2F2N3O/c13-9-5-10(19-12(14)17-9)18-11(20)4-6-1-2-7(15)8(16)3-6/h1-3,5H,4H2,(H,17,18,19,20). The minimum absolute atomic E-state index is 0.0770. The number of anilines is 1. The molecule has 0 aliphatic rings. The zero-order chi connectivity index (χ0) is 14.7. The van der Waals surface area contributed by atoms with E-state index in [0.29, 0.717) is 5.56 Å². The highest BCUT2D eigenvalue weighted by Gasteiger charge is 2.09. The van der Waals surface area contributed by atoms with Crippen LogP contribution < -0.4 is 5.32 Å². The molecule has 1 aromatic carbocycles. The summed E-state index contributed by atoms with van der Waals surface area (Å²) in [6.07, 6.45) is -0.142. The fourth-order valence-electron chi connectivity index (χ4n) is 1.48. The molecule has 0 bridgehead atoms. The number of aromatic nitrogens is 2. The van der Waals surface area contributed by atoms with Gasteiger partial charge >= 0.3 is 0 Å². The van der Waals surface area contributed by atoms with E-state index in [1.54, 1.807) is 0 Å². The van der Waals surface area contributed by atoms with Gasteiger partial charge in [-0.05, 0) is 29.3 Å². The Balaban J connectivity index is 2.06. The molecule has 2 aromatic rings. The summed E-state index contributed by atoms with van der Waals surface area (Å²) in [7, 11) is 0. The lowest BCUT2D eigenvalue weighted by Crippen LogP contribution is -2.15. The summed E-state index contributed by atoms with van der Waals surface area (Å²) >= 11 is 11.2. The molecule has 1 heterocycles. The van der Waals surface area contributed by atoms with Gasteiger partial charge in [0.2, 0.25) is 11.2 Å². The lowest BCUT2D eigenvalue weighted by atomic mass is 10.1. The van der Waals surface area contributed by atoms with E-state index in [9.17, 15) is 13.6 Å². The molecule has 1 N–H and O–H groups in total. The predicted octanol–water partition coefficient (Wildman–Crippen LogP) is 3.24. The lowest BCUT2D eigenvalue weighted by Gasteiger charge is -2.05. The van der Waals surface area contributed by atoms with Gasteiger partial charge in [-0.1, -0.05) is 17.7 Å². The Hall–Kier alpha value is -1.79. The average Bonchev–Trinajstić information content (AvgIpc) is 2.32. The van der Waals surface area contributed by atoms with Crippen molar-refractivity contribution >= 4 is 34.9 Å². The fourth-order valence-corrected chi connectivity index (χ4v) is 1.88. The summed E-state index contributed by atoms with van der Waals surface area (Å²) in [5.74, 6) is -2.32. The molecule has 0 atom stereocenters. The van der Waals surface area contributed by atoms with E-state index in [0.717, 1.165) is 12.1 Å². The second kappa shape index (κ2) is 6.11. The molecule has 0 unspecified atom stereocenters. The molecular formula is C12H7Cl2F2N3O. The molecule has 0 aliphatic carbocycles. The highest BCUT2D eigenvalue weighted by atomic mass is 35.5. The maximum atomic E-state index is 13.0. The van der Waals surface area contributed by atoms with Gasteiger partial charge in [-0.15, -0.1) is 0 Å². The van der Waals surface area contributed by atoms with E-state index >= 15 is 0 Å². The van der Waals surface area contributed by atoms with Crippen LogP contribution in [0.15, 0.2) is 24.3 Å². The Morgan fingerprint density at radius 2 is 1.90 bits per heavy atom. The molecule has 1 aromatic heterocycles. The first-order valence-electron chi connectivity index (χ1n) is 5.38. The number of amides is 1. The third-order valence-corrected chi connectivity index (χ3v) is 2.65. The Morgan fingerprint density at radius 3 is 2.55 bits per heavy atom. The third kappa shape index (κ3) is 3.85. The Kier molecular flexibility index (Phi) is 4.46. The summed E-state index contributed by atoms with van der Waals surface area (Å²) in [4.78, 5) is 19.1. The number of hydrogen-bond acceptors (Lipinski definition) is 3. The van der Waals surface area contributed by atoms with E-state index in [1.807, 2.05) is 0 Å². The minimum Gasteiger partial charge on any atom is -0.310 e. The van der Waals surface area contributed by atoms with Gasteiger partial charge in [0.25, 0.3) is 0 Å². The number of carbonyl (C=O) groups excluding carboxylic acids is 1. The van der Waals surface area contributed by atoms with Gasteiger partial charge in [-0.3, -0.25) is 4.79 Å². The van der Waals surface area contributed by atoms with E-state index < -0.39 is 17.5 Å². The molecule has 4 nitrogen and oxygen atoms in total. The van der Waals surface area contributed by atoms with Gasteiger partial charge in [-0.2, -0.15) is 0 Å². The van der Waals surface area contributed by atoms with E-state index in [4.69, 9.17) is 23.2 Å². The van der Waals surface area contributed by atoms with Gasteiger partial charge in [0.15, 0.2) is 11.6 Å². The number of rotatable bonds is 3. The van der Waals surface area contributed by atoms with E-state index in [-0.39, 0.29) is 22.7 Å². The number of hydrogen-bond donors (Lipinski definition) is 1. The smallest absolute Gasteiger partial charge is 0.229 e. The molecule has 20 heavy (non-hydrogen) atoms. The molecule has 104 valence electrons. The molecule has 0 saturated carbocycles. The second-order valence-corrected chi connectivity index (χ2v) is 4.54. The van der Waals surface area contributed by atoms with Gasteiger partial charge in [0.1, 0.15) is 11.0 Å². The number of halogens is 4. The summed E-state index contributed by atoms with van der Waals surface area (Å²) in [6.45, 7) is 0. The van der Waals surface area contributed by atoms with Crippen LogP contribution in [0.2, 0.25) is 10.4 Å². The number of benzene rings is 1. The quantitative estimate of drug-likeness (QED) is 0.698. The zero-order valence-corrected chi connectivity index (χ0v) is 11.3. The van der Waals surface area contributed by atoms with Crippen LogP contribution in [0.3, 0.4) is 0 Å². The summed E-state index contributed by atoms with van der Waals surface area (Å²) in [5.41, 5.74) is 0.327. The van der Waals surface area contributed by atoms with Crippen molar-refractivity contribution in [2.75, 3.05) is 5.32 Å². The van der Waals surface area contributed by atoms with Crippen molar-refractivity contribution in [2.45, 2.75) is 6.42 Å². The van der Waals surface area contributed by atoms with E-state index in [1.165, 1.54) is 12.1 Å². The van der Waals surface area contributed by atoms with Crippen molar-refractivity contribution in [3.8, 4) is 0 Å². The van der Waals surface area contributed by atoms with Crippen LogP contribution in [0.4, 0.5) is 14.6 Å². The molecular weight excluding hydrogens is 311 g/mol. The van der Waals surface area contributed by atoms with Crippen LogP contribution in [-0.4, -0.2) is 15.9 Å². The first-order valence-corrected chi connectivity index (χ1v) is 6.13. The first-order chi connectivity index (χ1) is 9.44. The zero-order valence-electron chi connectivity index (χ0n) is 9.83. The highest BCUT2D eigenvalue weighted by molar-refractivity contribution is 6.32. The van der Waals surface area contributed by atoms with Crippen LogP contribution in [0.1, 0.15) is 5.56 Å². The number of nitrogens with one attached hydrogen (secondary N) is 1. The Labute approximate surface area is 122 Å². The lowest BCUT2D eigenvalue weighted by molar-refractivity contribution is -0.115. The molecule has 0 saturated heterocycles. The second-order valence-electron chi connectivity index (χ2n) is 3.82. The van der Waals surface area contributed by atoms with Crippen LogP contribution in [0.25, 0.3) is 0 Å². The third-order valence-electron chi connectivity index (χ3n) is 2.28. The molecule has 8 heteroatoms. The highest BCUT2D eigenvalue weighted by Crippen LogP contribution is 2.15. The van der Waals surface area contributed by atoms with Crippen LogP contribution in [-0.2, 0) is 11.2 Å². The summed E-state index contributed by atoms with van der Waals surface area (Å²) < 4.78 is 25.8. The van der Waals surface area contributed by atoms with Gasteiger partial charge in [-0.25, -0.2) is 18.7 Å². The molecule has 1 amide bonds. The van der Waals surface area contributed by atoms with Crippen molar-refractivity contribution < 1.29 is 13.6 Å². The van der Waals surface area contributed by atoms with Crippen LogP contribution in [0.5, 0.6) is 0 Å². The predicted molar refractivity (Wildman–Crippen MR) is 70.7 cm³/mol. The van der Waals surface area contributed by atoms with Crippen LogP contribution >= 0.6 is 23.2 Å². The molecule has 2 rings (SSSR count).